The molecular formula is C27H33OS+. The van der Waals surface area contributed by atoms with Crippen molar-refractivity contribution in [3.63, 3.8) is 0 Å². The van der Waals surface area contributed by atoms with Crippen LogP contribution in [0.2, 0.25) is 0 Å². The van der Waals surface area contributed by atoms with Crippen molar-refractivity contribution in [1.82, 2.24) is 0 Å². The molecule has 0 bridgehead atoms. The maximum Gasteiger partial charge on any atom is 0.166 e. The second-order valence-electron chi connectivity index (χ2n) is 9.53. The van der Waals surface area contributed by atoms with Gasteiger partial charge in [-0.05, 0) is 70.5 Å². The van der Waals surface area contributed by atoms with Crippen LogP contribution in [-0.2, 0) is 21.7 Å². The quantitative estimate of drug-likeness (QED) is 0.411. The molecule has 0 aliphatic heterocycles. The van der Waals surface area contributed by atoms with E-state index in [9.17, 15) is 0 Å². The Morgan fingerprint density at radius 1 is 0.517 bits per heavy atom. The Labute approximate surface area is 179 Å². The van der Waals surface area contributed by atoms with Gasteiger partial charge in [0.1, 0.15) is 5.75 Å². The Balaban J connectivity index is 2.06. The van der Waals surface area contributed by atoms with Gasteiger partial charge in [-0.1, -0.05) is 65.8 Å². The van der Waals surface area contributed by atoms with E-state index in [0.717, 1.165) is 5.75 Å². The van der Waals surface area contributed by atoms with Crippen LogP contribution in [0.4, 0.5) is 0 Å². The molecule has 0 aliphatic rings. The zero-order chi connectivity index (χ0) is 21.2. The van der Waals surface area contributed by atoms with E-state index in [1.54, 1.807) is 7.11 Å². The molecule has 0 heterocycles. The Hall–Kier alpha value is -2.19. The van der Waals surface area contributed by atoms with E-state index in [1.165, 1.54) is 25.8 Å². The van der Waals surface area contributed by atoms with Crippen LogP contribution in [0.25, 0.3) is 0 Å². The normalized spacial score (nSPS) is 12.3. The first-order valence-corrected chi connectivity index (χ1v) is 11.4. The molecular weight excluding hydrogens is 372 g/mol. The molecule has 0 atom stereocenters. The van der Waals surface area contributed by atoms with E-state index < -0.39 is 0 Å². The van der Waals surface area contributed by atoms with Crippen molar-refractivity contribution in [3.8, 4) is 5.75 Å². The smallest absolute Gasteiger partial charge is 0.166 e. The van der Waals surface area contributed by atoms with Crippen LogP contribution < -0.4 is 4.74 Å². The highest BCUT2D eigenvalue weighted by atomic mass is 32.2. The van der Waals surface area contributed by atoms with Crippen molar-refractivity contribution in [3.05, 3.63) is 83.9 Å². The molecule has 0 spiro atoms. The number of ether oxygens (including phenoxy) is 1. The van der Waals surface area contributed by atoms with Gasteiger partial charge in [0.2, 0.25) is 0 Å². The largest absolute Gasteiger partial charge is 0.497 e. The molecule has 0 aliphatic carbocycles. The standard InChI is InChI=1S/C27H33OS/c1-26(2,3)20-8-14-23(15-9-20)29(25-18-12-22(28-7)13-19-25)24-16-10-21(11-17-24)27(4,5)6/h8-19H,1-7H3/q+1. The minimum absolute atomic E-state index is 0.151. The van der Waals surface area contributed by atoms with Crippen LogP contribution in [-0.4, -0.2) is 7.11 Å². The van der Waals surface area contributed by atoms with Crippen molar-refractivity contribution in [2.45, 2.75) is 67.1 Å². The Kier molecular flexibility index (Phi) is 6.14. The van der Waals surface area contributed by atoms with Gasteiger partial charge < -0.3 is 4.74 Å². The molecule has 0 fully saturated rings. The molecule has 0 unspecified atom stereocenters. The van der Waals surface area contributed by atoms with Gasteiger partial charge in [-0.15, -0.1) is 0 Å². The lowest BCUT2D eigenvalue weighted by atomic mass is 9.87. The Morgan fingerprint density at radius 3 is 1.10 bits per heavy atom. The van der Waals surface area contributed by atoms with E-state index in [1.807, 2.05) is 0 Å². The van der Waals surface area contributed by atoms with E-state index >= 15 is 0 Å². The number of hydrogen-bond acceptors (Lipinski definition) is 1. The first kappa shape index (κ1) is 21.5. The number of rotatable bonds is 4. The summed E-state index contributed by atoms with van der Waals surface area (Å²) in [5, 5.41) is 0. The molecule has 0 amide bonds. The van der Waals surface area contributed by atoms with Crippen LogP contribution in [0.15, 0.2) is 87.5 Å². The van der Waals surface area contributed by atoms with Crippen LogP contribution in [0, 0.1) is 0 Å². The highest BCUT2D eigenvalue weighted by Crippen LogP contribution is 2.34. The predicted molar refractivity (Wildman–Crippen MR) is 125 cm³/mol. The molecule has 3 aromatic rings. The van der Waals surface area contributed by atoms with E-state index in [2.05, 4.69) is 114 Å². The molecule has 3 aromatic carbocycles. The van der Waals surface area contributed by atoms with Gasteiger partial charge in [-0.3, -0.25) is 0 Å². The topological polar surface area (TPSA) is 9.23 Å². The van der Waals surface area contributed by atoms with Crippen molar-refractivity contribution in [2.24, 2.45) is 0 Å². The molecule has 0 saturated carbocycles. The average molecular weight is 406 g/mol. The second kappa shape index (κ2) is 8.28. The third-order valence-corrected chi connectivity index (χ3v) is 7.44. The lowest BCUT2D eigenvalue weighted by Gasteiger charge is -2.20. The van der Waals surface area contributed by atoms with Crippen LogP contribution in [0.3, 0.4) is 0 Å². The van der Waals surface area contributed by atoms with Crippen molar-refractivity contribution in [1.29, 1.82) is 0 Å². The van der Waals surface area contributed by atoms with Gasteiger partial charge in [0, 0.05) is 0 Å². The predicted octanol–water partition coefficient (Wildman–Crippen LogP) is 7.39. The van der Waals surface area contributed by atoms with Gasteiger partial charge in [0.25, 0.3) is 0 Å². The molecule has 0 N–H and O–H groups in total. The Bertz CT molecular complexity index is 867. The summed E-state index contributed by atoms with van der Waals surface area (Å²) in [6.07, 6.45) is 0. The molecule has 2 heteroatoms. The monoisotopic (exact) mass is 405 g/mol. The number of methoxy groups -OCH3 is 1. The van der Waals surface area contributed by atoms with Gasteiger partial charge in [0.05, 0.1) is 18.0 Å². The van der Waals surface area contributed by atoms with Gasteiger partial charge in [-0.2, -0.15) is 0 Å². The summed E-state index contributed by atoms with van der Waals surface area (Å²) in [6.45, 7) is 13.6. The number of benzene rings is 3. The summed E-state index contributed by atoms with van der Waals surface area (Å²) in [6, 6.07) is 26.8. The second-order valence-corrected chi connectivity index (χ2v) is 11.6. The van der Waals surface area contributed by atoms with Crippen molar-refractivity contribution < 1.29 is 4.74 Å². The Morgan fingerprint density at radius 2 is 0.828 bits per heavy atom. The summed E-state index contributed by atoms with van der Waals surface area (Å²) >= 11 is 0. The van der Waals surface area contributed by atoms with Gasteiger partial charge in [-0.25, -0.2) is 0 Å². The molecule has 152 valence electrons. The average Bonchev–Trinajstić information content (AvgIpc) is 2.68. The fourth-order valence-electron chi connectivity index (χ4n) is 3.30. The molecule has 0 saturated heterocycles. The van der Waals surface area contributed by atoms with Crippen LogP contribution in [0.5, 0.6) is 5.75 Å². The van der Waals surface area contributed by atoms with Crippen molar-refractivity contribution >= 4 is 10.9 Å². The fraction of sp³-hybridized carbons (Fsp3) is 0.333. The maximum absolute atomic E-state index is 5.37. The third kappa shape index (κ3) is 5.05. The highest BCUT2D eigenvalue weighted by Gasteiger charge is 2.30. The first-order chi connectivity index (χ1) is 13.6. The lowest BCUT2D eigenvalue weighted by Crippen LogP contribution is -2.13. The van der Waals surface area contributed by atoms with E-state index in [0.29, 0.717) is 0 Å². The lowest BCUT2D eigenvalue weighted by molar-refractivity contribution is 0.414. The van der Waals surface area contributed by atoms with Crippen LogP contribution in [0.1, 0.15) is 52.7 Å². The van der Waals surface area contributed by atoms with E-state index in [-0.39, 0.29) is 21.7 Å². The molecule has 1 nitrogen and oxygen atoms in total. The van der Waals surface area contributed by atoms with E-state index in [4.69, 9.17) is 4.74 Å². The summed E-state index contributed by atoms with van der Waals surface area (Å²) < 4.78 is 5.37. The molecule has 3 rings (SSSR count). The number of hydrogen-bond donors (Lipinski definition) is 0. The zero-order valence-corrected chi connectivity index (χ0v) is 19.6. The fourth-order valence-corrected chi connectivity index (χ4v) is 5.34. The van der Waals surface area contributed by atoms with Gasteiger partial charge >= 0.3 is 0 Å². The maximum atomic E-state index is 5.37. The SMILES string of the molecule is COc1ccc([S+](c2ccc(C(C)(C)C)cc2)c2ccc(C(C)(C)C)cc2)cc1. The van der Waals surface area contributed by atoms with Crippen molar-refractivity contribution in [2.75, 3.05) is 7.11 Å². The van der Waals surface area contributed by atoms with Crippen LogP contribution >= 0.6 is 0 Å². The minimum Gasteiger partial charge on any atom is -0.497 e. The molecule has 0 aromatic heterocycles. The summed E-state index contributed by atoms with van der Waals surface area (Å²) in [7, 11) is 1.56. The summed E-state index contributed by atoms with van der Waals surface area (Å²) in [5.74, 6) is 0.892. The summed E-state index contributed by atoms with van der Waals surface area (Å²) in [5.41, 5.74) is 3.04. The third-order valence-electron chi connectivity index (χ3n) is 5.21. The zero-order valence-electron chi connectivity index (χ0n) is 18.7. The molecule has 29 heavy (non-hydrogen) atoms. The first-order valence-electron chi connectivity index (χ1n) is 10.2. The van der Waals surface area contributed by atoms with Gasteiger partial charge in [0.15, 0.2) is 14.7 Å². The molecule has 0 radical (unpaired) electrons. The highest BCUT2D eigenvalue weighted by molar-refractivity contribution is 7.97. The minimum atomic E-state index is -0.151. The summed E-state index contributed by atoms with van der Waals surface area (Å²) in [4.78, 5) is 3.98.